The lowest BCUT2D eigenvalue weighted by molar-refractivity contribution is 0.0499. The molecule has 1 heterocycles. The third kappa shape index (κ3) is 3.96. The van der Waals surface area contributed by atoms with Crippen molar-refractivity contribution in [2.75, 3.05) is 6.61 Å². The molecule has 0 unspecified atom stereocenters. The number of ether oxygens (including phenoxy) is 1. The molecule has 0 bridgehead atoms. The number of aliphatic hydroxyl groups is 1. The molecule has 1 aromatic carbocycles. The number of aliphatic hydroxyl groups excluding tert-OH is 1. The van der Waals surface area contributed by atoms with E-state index in [0.29, 0.717) is 17.9 Å². The van der Waals surface area contributed by atoms with Crippen molar-refractivity contribution < 1.29 is 14.6 Å². The maximum absolute atomic E-state index is 12.1. The summed E-state index contributed by atoms with van der Waals surface area (Å²) in [6.45, 7) is 6.33. The third-order valence-electron chi connectivity index (χ3n) is 3.53. The van der Waals surface area contributed by atoms with Crippen molar-refractivity contribution >= 4 is 5.97 Å². The summed E-state index contributed by atoms with van der Waals surface area (Å²) in [6.07, 6.45) is 1.83. The van der Waals surface area contributed by atoms with Crippen molar-refractivity contribution in [3.05, 3.63) is 41.2 Å². The van der Waals surface area contributed by atoms with Gasteiger partial charge in [0.25, 0.3) is 0 Å². The van der Waals surface area contributed by atoms with Crippen LogP contribution in [0.1, 0.15) is 61.3 Å². The number of benzene rings is 1. The van der Waals surface area contributed by atoms with Crippen molar-refractivity contribution in [2.24, 2.45) is 0 Å². The van der Waals surface area contributed by atoms with Crippen molar-refractivity contribution in [2.45, 2.75) is 46.1 Å². The molecular formula is C17H23N3O3. The minimum absolute atomic E-state index is 0.146. The van der Waals surface area contributed by atoms with Crippen molar-refractivity contribution in [1.82, 2.24) is 15.0 Å². The highest BCUT2D eigenvalue weighted by Gasteiger charge is 2.17. The van der Waals surface area contributed by atoms with Crippen molar-refractivity contribution in [1.29, 1.82) is 0 Å². The van der Waals surface area contributed by atoms with Gasteiger partial charge in [-0.3, -0.25) is 0 Å². The van der Waals surface area contributed by atoms with E-state index >= 15 is 0 Å². The molecule has 0 aliphatic carbocycles. The Morgan fingerprint density at radius 2 is 2.17 bits per heavy atom. The Balaban J connectivity index is 2.30. The monoisotopic (exact) mass is 317 g/mol. The van der Waals surface area contributed by atoms with Gasteiger partial charge in [0, 0.05) is 0 Å². The first kappa shape index (κ1) is 17.1. The molecule has 0 saturated carbocycles. The molecule has 0 aliphatic heterocycles. The number of unbranched alkanes of at least 4 members (excludes halogenated alkanes) is 1. The topological polar surface area (TPSA) is 77.2 Å². The summed E-state index contributed by atoms with van der Waals surface area (Å²) in [4.78, 5) is 12.1. The Morgan fingerprint density at radius 3 is 2.83 bits per heavy atom. The standard InChI is InChI=1S/C17H23N3O3/c1-4-5-9-23-17(22)13-7-6-8-14(10-13)20-16(12(2)3)15(11-21)18-19-20/h6-8,10,12,21H,4-5,9,11H2,1-3H3. The van der Waals surface area contributed by atoms with Gasteiger partial charge in [-0.05, 0) is 30.5 Å². The first-order valence-corrected chi connectivity index (χ1v) is 7.91. The molecule has 0 amide bonds. The van der Waals surface area contributed by atoms with Gasteiger partial charge in [0.2, 0.25) is 0 Å². The molecular weight excluding hydrogens is 294 g/mol. The van der Waals surface area contributed by atoms with Crippen LogP contribution in [0.15, 0.2) is 24.3 Å². The molecule has 124 valence electrons. The van der Waals surface area contributed by atoms with Crippen molar-refractivity contribution in [3.8, 4) is 5.69 Å². The molecule has 1 N–H and O–H groups in total. The number of carbonyl (C=O) groups is 1. The van der Waals surface area contributed by atoms with Crippen LogP contribution < -0.4 is 0 Å². The molecule has 2 rings (SSSR count). The first-order chi connectivity index (χ1) is 11.1. The van der Waals surface area contributed by atoms with E-state index < -0.39 is 0 Å². The second-order valence-corrected chi connectivity index (χ2v) is 5.69. The quantitative estimate of drug-likeness (QED) is 0.627. The van der Waals surface area contributed by atoms with Crippen LogP contribution in [-0.4, -0.2) is 32.7 Å². The van der Waals surface area contributed by atoms with Gasteiger partial charge in [-0.1, -0.05) is 38.5 Å². The fourth-order valence-electron chi connectivity index (χ4n) is 2.36. The maximum Gasteiger partial charge on any atom is 0.338 e. The SMILES string of the molecule is CCCCOC(=O)c1cccc(-n2nnc(CO)c2C(C)C)c1. The van der Waals surface area contributed by atoms with Crippen LogP contribution >= 0.6 is 0 Å². The molecule has 0 spiro atoms. The highest BCUT2D eigenvalue weighted by atomic mass is 16.5. The summed E-state index contributed by atoms with van der Waals surface area (Å²) >= 11 is 0. The zero-order valence-electron chi connectivity index (χ0n) is 13.8. The van der Waals surface area contributed by atoms with Crippen molar-refractivity contribution in [3.63, 3.8) is 0 Å². The highest BCUT2D eigenvalue weighted by Crippen LogP contribution is 2.22. The van der Waals surface area contributed by atoms with E-state index in [1.807, 2.05) is 26.8 Å². The summed E-state index contributed by atoms with van der Waals surface area (Å²) in [5.41, 5.74) is 2.60. The smallest absolute Gasteiger partial charge is 0.338 e. The van der Waals surface area contributed by atoms with Crippen LogP contribution in [0.3, 0.4) is 0 Å². The van der Waals surface area contributed by atoms with Crippen LogP contribution in [0.25, 0.3) is 5.69 Å². The van der Waals surface area contributed by atoms with Gasteiger partial charge in [-0.2, -0.15) is 0 Å². The van der Waals surface area contributed by atoms with E-state index in [1.54, 1.807) is 22.9 Å². The molecule has 0 fully saturated rings. The van der Waals surface area contributed by atoms with E-state index in [4.69, 9.17) is 4.74 Å². The van der Waals surface area contributed by atoms with Gasteiger partial charge in [0.1, 0.15) is 5.69 Å². The fraction of sp³-hybridized carbons (Fsp3) is 0.471. The van der Waals surface area contributed by atoms with Gasteiger partial charge >= 0.3 is 5.97 Å². The zero-order valence-corrected chi connectivity index (χ0v) is 13.8. The van der Waals surface area contributed by atoms with E-state index in [1.165, 1.54) is 0 Å². The molecule has 2 aromatic rings. The number of rotatable bonds is 7. The normalized spacial score (nSPS) is 11.0. The van der Waals surface area contributed by atoms with Crippen LogP contribution in [0.2, 0.25) is 0 Å². The lowest BCUT2D eigenvalue weighted by atomic mass is 10.1. The Labute approximate surface area is 136 Å². The van der Waals surface area contributed by atoms with Gasteiger partial charge < -0.3 is 9.84 Å². The predicted octanol–water partition coefficient (Wildman–Crippen LogP) is 2.84. The number of aromatic nitrogens is 3. The second-order valence-electron chi connectivity index (χ2n) is 5.69. The molecule has 0 atom stereocenters. The van der Waals surface area contributed by atoms with Crippen LogP contribution in [0.4, 0.5) is 0 Å². The number of hydrogen-bond acceptors (Lipinski definition) is 5. The molecule has 0 aliphatic rings. The van der Waals surface area contributed by atoms with Gasteiger partial charge in [0.05, 0.1) is 30.2 Å². The lowest BCUT2D eigenvalue weighted by Gasteiger charge is -2.11. The summed E-state index contributed by atoms with van der Waals surface area (Å²) in [5.74, 6) is -0.193. The zero-order chi connectivity index (χ0) is 16.8. The molecule has 23 heavy (non-hydrogen) atoms. The molecule has 0 saturated heterocycles. The fourth-order valence-corrected chi connectivity index (χ4v) is 2.36. The Bertz CT molecular complexity index is 665. The predicted molar refractivity (Wildman–Crippen MR) is 86.6 cm³/mol. The molecule has 6 heteroatoms. The van der Waals surface area contributed by atoms with Gasteiger partial charge in [-0.25, -0.2) is 9.48 Å². The average molecular weight is 317 g/mol. The Morgan fingerprint density at radius 1 is 1.39 bits per heavy atom. The van der Waals surface area contributed by atoms with E-state index in [0.717, 1.165) is 24.2 Å². The summed E-state index contributed by atoms with van der Waals surface area (Å²) < 4.78 is 6.90. The van der Waals surface area contributed by atoms with E-state index in [-0.39, 0.29) is 18.5 Å². The number of esters is 1. The van der Waals surface area contributed by atoms with Crippen LogP contribution in [0.5, 0.6) is 0 Å². The van der Waals surface area contributed by atoms with E-state index in [2.05, 4.69) is 10.3 Å². The van der Waals surface area contributed by atoms with Crippen LogP contribution in [-0.2, 0) is 11.3 Å². The minimum Gasteiger partial charge on any atom is -0.462 e. The largest absolute Gasteiger partial charge is 0.462 e. The lowest BCUT2D eigenvalue weighted by Crippen LogP contribution is -2.09. The average Bonchev–Trinajstić information content (AvgIpc) is 2.99. The summed E-state index contributed by atoms with van der Waals surface area (Å²) in [5, 5.41) is 17.5. The second kappa shape index (κ2) is 7.87. The molecule has 0 radical (unpaired) electrons. The summed E-state index contributed by atoms with van der Waals surface area (Å²) in [6, 6.07) is 7.09. The van der Waals surface area contributed by atoms with E-state index in [9.17, 15) is 9.90 Å². The maximum atomic E-state index is 12.1. The number of hydrogen-bond donors (Lipinski definition) is 1. The molecule has 1 aromatic heterocycles. The first-order valence-electron chi connectivity index (χ1n) is 7.91. The van der Waals surface area contributed by atoms with Gasteiger partial charge in [-0.15, -0.1) is 5.10 Å². The van der Waals surface area contributed by atoms with Gasteiger partial charge in [0.15, 0.2) is 0 Å². The highest BCUT2D eigenvalue weighted by molar-refractivity contribution is 5.90. The Hall–Kier alpha value is -2.21. The Kier molecular flexibility index (Phi) is 5.87. The summed E-state index contributed by atoms with van der Waals surface area (Å²) in [7, 11) is 0. The molecule has 6 nitrogen and oxygen atoms in total. The van der Waals surface area contributed by atoms with Crippen LogP contribution in [0, 0.1) is 0 Å². The number of nitrogens with zero attached hydrogens (tertiary/aromatic N) is 3. The minimum atomic E-state index is -0.339. The number of carbonyl (C=O) groups excluding carboxylic acids is 1. The third-order valence-corrected chi connectivity index (χ3v) is 3.53.